The number of likely N-dealkylation sites (N-methyl/N-ethyl adjacent to an activating group) is 1. The number of amides is 1. The van der Waals surface area contributed by atoms with Crippen molar-refractivity contribution in [2.45, 2.75) is 6.92 Å². The highest BCUT2D eigenvalue weighted by Gasteiger charge is 2.22. The van der Waals surface area contributed by atoms with Crippen LogP contribution in [-0.2, 0) is 0 Å². The van der Waals surface area contributed by atoms with Crippen LogP contribution in [-0.4, -0.2) is 28.8 Å². The Morgan fingerprint density at radius 2 is 2.28 bits per heavy atom. The lowest BCUT2D eigenvalue weighted by Gasteiger charge is -2.19. The molecule has 1 rings (SSSR count). The van der Waals surface area contributed by atoms with E-state index in [9.17, 15) is 14.9 Å². The normalized spacial score (nSPS) is 9.89. The Morgan fingerprint density at radius 1 is 1.61 bits per heavy atom. The molecule has 0 saturated carbocycles. The lowest BCUT2D eigenvalue weighted by atomic mass is 10.1. The number of nitro benzene ring substituents is 1. The molecular weight excluding hydrogens is 256 g/mol. The van der Waals surface area contributed by atoms with Crippen molar-refractivity contribution in [3.05, 3.63) is 51.6 Å². The van der Waals surface area contributed by atoms with Crippen LogP contribution in [0.2, 0.25) is 5.02 Å². The van der Waals surface area contributed by atoms with Crippen molar-refractivity contribution in [3.63, 3.8) is 0 Å². The van der Waals surface area contributed by atoms with Crippen molar-refractivity contribution in [3.8, 4) is 0 Å². The van der Waals surface area contributed by atoms with Gasteiger partial charge in [0.2, 0.25) is 0 Å². The number of halogens is 1. The lowest BCUT2D eigenvalue weighted by molar-refractivity contribution is -0.384. The maximum Gasteiger partial charge on any atom is 0.288 e. The average Bonchev–Trinajstić information content (AvgIpc) is 2.35. The Balaban J connectivity index is 3.17. The molecule has 0 spiro atoms. The number of carbonyl (C=O) groups excluding carboxylic acids is 1. The van der Waals surface area contributed by atoms with Crippen LogP contribution in [0, 0.1) is 10.1 Å². The molecular formula is C12H13ClN2O3. The first-order chi connectivity index (χ1) is 8.52. The summed E-state index contributed by atoms with van der Waals surface area (Å²) in [4.78, 5) is 23.8. The molecule has 0 heterocycles. The van der Waals surface area contributed by atoms with Crippen LogP contribution in [0.3, 0.4) is 0 Å². The van der Waals surface area contributed by atoms with E-state index in [-0.39, 0.29) is 22.2 Å². The van der Waals surface area contributed by atoms with Gasteiger partial charge in [-0.1, -0.05) is 23.7 Å². The molecule has 1 aromatic rings. The highest BCUT2D eigenvalue weighted by Crippen LogP contribution is 2.28. The van der Waals surface area contributed by atoms with Crippen LogP contribution in [0.5, 0.6) is 0 Å². The van der Waals surface area contributed by atoms with E-state index in [1.807, 2.05) is 6.92 Å². The molecule has 0 aliphatic rings. The summed E-state index contributed by atoms with van der Waals surface area (Å²) in [5.74, 6) is -0.342. The molecule has 5 nitrogen and oxygen atoms in total. The van der Waals surface area contributed by atoms with Gasteiger partial charge in [0, 0.05) is 19.2 Å². The molecule has 0 fully saturated rings. The average molecular weight is 269 g/mol. The molecule has 0 aliphatic carbocycles. The van der Waals surface area contributed by atoms with Crippen molar-refractivity contribution in [1.29, 1.82) is 0 Å². The summed E-state index contributed by atoms with van der Waals surface area (Å²) in [7, 11) is 0. The van der Waals surface area contributed by atoms with Crippen LogP contribution in [0.15, 0.2) is 30.9 Å². The van der Waals surface area contributed by atoms with Gasteiger partial charge in [-0.2, -0.15) is 0 Å². The van der Waals surface area contributed by atoms with Crippen LogP contribution in [0.25, 0.3) is 0 Å². The van der Waals surface area contributed by atoms with Gasteiger partial charge in [-0.3, -0.25) is 14.9 Å². The third-order valence-corrected chi connectivity index (χ3v) is 2.82. The van der Waals surface area contributed by atoms with E-state index in [0.717, 1.165) is 0 Å². The Labute approximate surface area is 110 Å². The topological polar surface area (TPSA) is 63.5 Å². The smallest absolute Gasteiger partial charge is 0.288 e. The summed E-state index contributed by atoms with van der Waals surface area (Å²) in [5.41, 5.74) is -0.133. The van der Waals surface area contributed by atoms with E-state index in [1.165, 1.54) is 23.1 Å². The molecule has 0 aliphatic heterocycles. The van der Waals surface area contributed by atoms with Crippen LogP contribution >= 0.6 is 11.6 Å². The van der Waals surface area contributed by atoms with E-state index in [1.54, 1.807) is 6.08 Å². The van der Waals surface area contributed by atoms with Gasteiger partial charge in [-0.25, -0.2) is 0 Å². The van der Waals surface area contributed by atoms with Gasteiger partial charge in [0.25, 0.3) is 11.6 Å². The maximum absolute atomic E-state index is 12.1. The van der Waals surface area contributed by atoms with E-state index in [2.05, 4.69) is 6.58 Å². The third kappa shape index (κ3) is 2.87. The molecule has 1 aromatic carbocycles. The van der Waals surface area contributed by atoms with E-state index >= 15 is 0 Å². The summed E-state index contributed by atoms with van der Waals surface area (Å²) in [6.07, 6.45) is 1.59. The minimum atomic E-state index is -0.608. The zero-order valence-corrected chi connectivity index (χ0v) is 10.7. The summed E-state index contributed by atoms with van der Waals surface area (Å²) >= 11 is 5.88. The molecule has 6 heteroatoms. The number of rotatable bonds is 5. The number of benzene rings is 1. The fraction of sp³-hybridized carbons (Fsp3) is 0.250. The van der Waals surface area contributed by atoms with Gasteiger partial charge < -0.3 is 4.90 Å². The van der Waals surface area contributed by atoms with Gasteiger partial charge in [0.05, 0.1) is 10.5 Å². The molecule has 0 N–H and O–H groups in total. The molecule has 0 bridgehead atoms. The zero-order valence-electron chi connectivity index (χ0n) is 9.93. The lowest BCUT2D eigenvalue weighted by Crippen LogP contribution is -2.31. The van der Waals surface area contributed by atoms with Crippen LogP contribution in [0.1, 0.15) is 17.3 Å². The summed E-state index contributed by atoms with van der Waals surface area (Å²) in [5, 5.41) is 10.6. The fourth-order valence-corrected chi connectivity index (χ4v) is 1.78. The molecule has 18 heavy (non-hydrogen) atoms. The van der Waals surface area contributed by atoms with Crippen molar-refractivity contribution in [2.75, 3.05) is 13.1 Å². The standard InChI is InChI=1S/C12H13ClN2O3/c1-3-8-14(4-2)12(16)9-6-5-7-10(11(9)13)15(17)18/h3,5-7H,1,4,8H2,2H3. The van der Waals surface area contributed by atoms with E-state index < -0.39 is 4.92 Å². The number of hydrogen-bond donors (Lipinski definition) is 0. The third-order valence-electron chi connectivity index (χ3n) is 2.42. The Kier molecular flexibility index (Phi) is 4.85. The minimum absolute atomic E-state index is 0.130. The van der Waals surface area contributed by atoms with E-state index in [4.69, 9.17) is 11.6 Å². The van der Waals surface area contributed by atoms with Crippen molar-refractivity contribution in [2.24, 2.45) is 0 Å². The SMILES string of the molecule is C=CCN(CC)C(=O)c1cccc([N+](=O)[O-])c1Cl. The summed E-state index contributed by atoms with van der Waals surface area (Å²) in [6.45, 7) is 6.22. The first-order valence-electron chi connectivity index (χ1n) is 5.36. The molecule has 0 unspecified atom stereocenters. The Morgan fingerprint density at radius 3 is 2.78 bits per heavy atom. The first-order valence-corrected chi connectivity index (χ1v) is 5.73. The predicted octanol–water partition coefficient (Wildman–Crippen LogP) is 2.90. The number of nitrogens with zero attached hydrogens (tertiary/aromatic N) is 2. The molecule has 0 aromatic heterocycles. The molecule has 1 amide bonds. The monoisotopic (exact) mass is 268 g/mol. The minimum Gasteiger partial charge on any atom is -0.335 e. The van der Waals surface area contributed by atoms with E-state index in [0.29, 0.717) is 13.1 Å². The largest absolute Gasteiger partial charge is 0.335 e. The number of nitro groups is 1. The highest BCUT2D eigenvalue weighted by atomic mass is 35.5. The summed E-state index contributed by atoms with van der Waals surface area (Å²) < 4.78 is 0. The van der Waals surface area contributed by atoms with Crippen molar-refractivity contribution < 1.29 is 9.72 Å². The zero-order chi connectivity index (χ0) is 13.7. The number of carbonyl (C=O) groups is 1. The Hall–Kier alpha value is -1.88. The second-order valence-corrected chi connectivity index (χ2v) is 3.91. The first kappa shape index (κ1) is 14.2. The quantitative estimate of drug-likeness (QED) is 0.469. The van der Waals surface area contributed by atoms with Gasteiger partial charge in [-0.15, -0.1) is 6.58 Å². The molecule has 96 valence electrons. The predicted molar refractivity (Wildman–Crippen MR) is 69.9 cm³/mol. The van der Waals surface area contributed by atoms with Crippen LogP contribution in [0.4, 0.5) is 5.69 Å². The second-order valence-electron chi connectivity index (χ2n) is 3.53. The molecule has 0 atom stereocenters. The highest BCUT2D eigenvalue weighted by molar-refractivity contribution is 6.35. The van der Waals surface area contributed by atoms with Gasteiger partial charge in [0.1, 0.15) is 5.02 Å². The van der Waals surface area contributed by atoms with Crippen molar-refractivity contribution >= 4 is 23.2 Å². The maximum atomic E-state index is 12.1. The number of hydrogen-bond acceptors (Lipinski definition) is 3. The fourth-order valence-electron chi connectivity index (χ4n) is 1.51. The molecule has 0 radical (unpaired) electrons. The molecule has 0 saturated heterocycles. The Bertz CT molecular complexity index is 488. The second kappa shape index (κ2) is 6.16. The van der Waals surface area contributed by atoms with Gasteiger partial charge >= 0.3 is 0 Å². The van der Waals surface area contributed by atoms with Crippen LogP contribution < -0.4 is 0 Å². The van der Waals surface area contributed by atoms with Gasteiger partial charge in [0.15, 0.2) is 0 Å². The summed E-state index contributed by atoms with van der Waals surface area (Å²) in [6, 6.07) is 4.19. The van der Waals surface area contributed by atoms with Crippen molar-refractivity contribution in [1.82, 2.24) is 4.90 Å². The van der Waals surface area contributed by atoms with Gasteiger partial charge in [-0.05, 0) is 13.0 Å².